The Morgan fingerprint density at radius 1 is 1.21 bits per heavy atom. The summed E-state index contributed by atoms with van der Waals surface area (Å²) in [7, 11) is -3.75. The van der Waals surface area contributed by atoms with Crippen molar-refractivity contribution in [2.45, 2.75) is 11.1 Å². The number of hydrogen-bond donors (Lipinski definition) is 0. The predicted octanol–water partition coefficient (Wildman–Crippen LogP) is 2.08. The second-order valence-electron chi connectivity index (χ2n) is 3.33. The second-order valence-corrected chi connectivity index (χ2v) is 5.16. The van der Waals surface area contributed by atoms with E-state index in [0.29, 0.717) is 5.41 Å². The van der Waals surface area contributed by atoms with Gasteiger partial charge in [0.15, 0.2) is 9.84 Å². The third kappa shape index (κ3) is 4.74. The predicted molar refractivity (Wildman–Crippen MR) is 59.8 cm³/mol. The molecule has 0 spiro atoms. The van der Waals surface area contributed by atoms with Crippen molar-refractivity contribution in [2.75, 3.05) is 6.61 Å². The molecular weight excluding hydrogens is 285 g/mol. The summed E-state index contributed by atoms with van der Waals surface area (Å²) in [5.74, 6) is -2.37. The van der Waals surface area contributed by atoms with Crippen LogP contribution in [-0.4, -0.2) is 27.2 Å². The lowest BCUT2D eigenvalue weighted by atomic mass is 10.4. The van der Waals surface area contributed by atoms with E-state index in [9.17, 15) is 26.4 Å². The Kier molecular flexibility index (Phi) is 4.71. The van der Waals surface area contributed by atoms with Gasteiger partial charge in [0.05, 0.1) is 4.90 Å². The molecule has 8 heteroatoms. The largest absolute Gasteiger partial charge is 0.490 e. The zero-order valence-corrected chi connectivity index (χ0v) is 10.2. The van der Waals surface area contributed by atoms with Crippen LogP contribution < -0.4 is 0 Å². The first kappa shape index (κ1) is 15.2. The summed E-state index contributed by atoms with van der Waals surface area (Å²) in [5, 5.41) is 0.686. The average Bonchev–Trinajstić information content (AvgIpc) is 2.34. The third-order valence-electron chi connectivity index (χ3n) is 1.89. The van der Waals surface area contributed by atoms with E-state index in [0.717, 1.165) is 6.08 Å². The molecule has 0 N–H and O–H groups in total. The summed E-state index contributed by atoms with van der Waals surface area (Å²) in [6.45, 7) is -0.773. The van der Waals surface area contributed by atoms with Gasteiger partial charge in [-0.2, -0.15) is 13.2 Å². The van der Waals surface area contributed by atoms with Gasteiger partial charge in [-0.1, -0.05) is 18.2 Å². The van der Waals surface area contributed by atoms with E-state index in [1.54, 1.807) is 6.07 Å². The maximum Gasteiger partial charge on any atom is 0.490 e. The molecule has 0 aliphatic heterocycles. The monoisotopic (exact) mass is 294 g/mol. The molecule has 0 atom stereocenters. The fourth-order valence-electron chi connectivity index (χ4n) is 1.06. The number of carbonyl (C=O) groups excluding carboxylic acids is 1. The van der Waals surface area contributed by atoms with E-state index >= 15 is 0 Å². The van der Waals surface area contributed by atoms with Crippen LogP contribution in [0.4, 0.5) is 13.2 Å². The van der Waals surface area contributed by atoms with Crippen molar-refractivity contribution in [3.8, 4) is 0 Å². The molecule has 0 aliphatic carbocycles. The van der Waals surface area contributed by atoms with Gasteiger partial charge >= 0.3 is 12.1 Å². The van der Waals surface area contributed by atoms with Crippen LogP contribution >= 0.6 is 0 Å². The van der Waals surface area contributed by atoms with Crippen molar-refractivity contribution >= 4 is 15.8 Å². The van der Waals surface area contributed by atoms with Crippen LogP contribution in [0.15, 0.2) is 46.7 Å². The van der Waals surface area contributed by atoms with Crippen molar-refractivity contribution in [1.82, 2.24) is 0 Å². The first-order valence-electron chi connectivity index (χ1n) is 4.94. The van der Waals surface area contributed by atoms with E-state index < -0.39 is 28.6 Å². The zero-order chi connectivity index (χ0) is 14.5. The van der Waals surface area contributed by atoms with Crippen LogP contribution in [0.25, 0.3) is 0 Å². The van der Waals surface area contributed by atoms with Gasteiger partial charge in [0.2, 0.25) is 0 Å². The third-order valence-corrected chi connectivity index (χ3v) is 3.37. The van der Waals surface area contributed by atoms with Gasteiger partial charge in [-0.15, -0.1) is 0 Å². The molecule has 0 fully saturated rings. The Morgan fingerprint density at radius 3 is 2.32 bits per heavy atom. The lowest BCUT2D eigenvalue weighted by Gasteiger charge is -2.04. The molecule has 4 nitrogen and oxygen atoms in total. The van der Waals surface area contributed by atoms with Crippen LogP contribution in [0.1, 0.15) is 0 Å². The highest BCUT2D eigenvalue weighted by molar-refractivity contribution is 7.94. The number of halogens is 3. The molecule has 1 aromatic carbocycles. The summed E-state index contributed by atoms with van der Waals surface area (Å²) in [6.07, 6.45) is -4.27. The summed E-state index contributed by atoms with van der Waals surface area (Å²) in [5.41, 5.74) is 0. The number of carbonyl (C=O) groups is 1. The fraction of sp³-hybridized carbons (Fsp3) is 0.182. The summed E-state index contributed by atoms with van der Waals surface area (Å²) >= 11 is 0. The zero-order valence-electron chi connectivity index (χ0n) is 9.42. The smallest absolute Gasteiger partial charge is 0.455 e. The van der Waals surface area contributed by atoms with E-state index in [1.165, 1.54) is 24.3 Å². The van der Waals surface area contributed by atoms with Crippen molar-refractivity contribution in [3.05, 3.63) is 41.8 Å². The van der Waals surface area contributed by atoms with Gasteiger partial charge in [0, 0.05) is 5.41 Å². The van der Waals surface area contributed by atoms with Gasteiger partial charge in [-0.3, -0.25) is 0 Å². The first-order valence-corrected chi connectivity index (χ1v) is 6.49. The van der Waals surface area contributed by atoms with Crippen molar-refractivity contribution in [1.29, 1.82) is 0 Å². The first-order chi connectivity index (χ1) is 8.73. The van der Waals surface area contributed by atoms with E-state index in [4.69, 9.17) is 0 Å². The molecule has 0 bridgehead atoms. The average molecular weight is 294 g/mol. The normalized spacial score (nSPS) is 12.6. The quantitative estimate of drug-likeness (QED) is 0.798. The van der Waals surface area contributed by atoms with Gasteiger partial charge in [-0.05, 0) is 18.2 Å². The van der Waals surface area contributed by atoms with Crippen molar-refractivity contribution in [2.24, 2.45) is 0 Å². The minimum atomic E-state index is -5.09. The number of benzene rings is 1. The number of sulfone groups is 1. The Morgan fingerprint density at radius 2 is 1.79 bits per heavy atom. The SMILES string of the molecule is O=C(OC/C=C/S(=O)(=O)c1ccccc1)C(F)(F)F. The molecule has 1 aromatic rings. The lowest BCUT2D eigenvalue weighted by Crippen LogP contribution is -2.25. The summed E-state index contributed by atoms with van der Waals surface area (Å²) in [4.78, 5) is 10.3. The Bertz CT molecular complexity index is 561. The summed E-state index contributed by atoms with van der Waals surface area (Å²) < 4.78 is 62.3. The molecule has 0 heterocycles. The van der Waals surface area contributed by atoms with E-state index in [1.807, 2.05) is 0 Å². The molecule has 19 heavy (non-hydrogen) atoms. The van der Waals surface area contributed by atoms with Crippen LogP contribution in [0, 0.1) is 0 Å². The molecule has 0 unspecified atom stereocenters. The molecule has 0 radical (unpaired) electrons. The second kappa shape index (κ2) is 5.87. The minimum Gasteiger partial charge on any atom is -0.455 e. The Labute approximate surface area is 107 Å². The highest BCUT2D eigenvalue weighted by Gasteiger charge is 2.40. The maximum absolute atomic E-state index is 11.8. The van der Waals surface area contributed by atoms with Crippen LogP contribution in [0.2, 0.25) is 0 Å². The number of alkyl halides is 3. The molecule has 0 aromatic heterocycles. The highest BCUT2D eigenvalue weighted by Crippen LogP contribution is 2.16. The molecule has 0 amide bonds. The van der Waals surface area contributed by atoms with Gasteiger partial charge in [-0.25, -0.2) is 13.2 Å². The van der Waals surface area contributed by atoms with Gasteiger partial charge in [0.1, 0.15) is 6.61 Å². The minimum absolute atomic E-state index is 0.00611. The van der Waals surface area contributed by atoms with Gasteiger partial charge in [0.25, 0.3) is 0 Å². The van der Waals surface area contributed by atoms with E-state index in [-0.39, 0.29) is 4.90 Å². The number of esters is 1. The van der Waals surface area contributed by atoms with Gasteiger partial charge < -0.3 is 4.74 Å². The Hall–Kier alpha value is -1.83. The Balaban J connectivity index is 2.61. The van der Waals surface area contributed by atoms with Crippen LogP contribution in [-0.2, 0) is 19.4 Å². The van der Waals surface area contributed by atoms with E-state index in [2.05, 4.69) is 4.74 Å². The molecule has 1 rings (SSSR count). The fourth-order valence-corrected chi connectivity index (χ4v) is 2.09. The van der Waals surface area contributed by atoms with Crippen LogP contribution in [0.5, 0.6) is 0 Å². The van der Waals surface area contributed by atoms with Crippen molar-refractivity contribution < 1.29 is 31.1 Å². The standard InChI is InChI=1S/C11H9F3O4S/c12-11(13,14)10(15)18-7-4-8-19(16,17)9-5-2-1-3-6-9/h1-6,8H,7H2/b8-4+. The molecule has 0 saturated carbocycles. The highest BCUT2D eigenvalue weighted by atomic mass is 32.2. The maximum atomic E-state index is 11.8. The van der Waals surface area contributed by atoms with Crippen LogP contribution in [0.3, 0.4) is 0 Å². The summed E-state index contributed by atoms with van der Waals surface area (Å²) in [6, 6.07) is 7.30. The number of rotatable bonds is 4. The molecule has 0 aliphatic rings. The lowest BCUT2D eigenvalue weighted by molar-refractivity contribution is -0.198. The number of hydrogen-bond acceptors (Lipinski definition) is 4. The molecular formula is C11H9F3O4S. The number of ether oxygens (including phenoxy) is 1. The molecule has 0 saturated heterocycles. The molecule has 104 valence electrons. The van der Waals surface area contributed by atoms with Crippen molar-refractivity contribution in [3.63, 3.8) is 0 Å². The topological polar surface area (TPSA) is 60.4 Å².